The Morgan fingerprint density at radius 1 is 1.07 bits per heavy atom. The summed E-state index contributed by atoms with van der Waals surface area (Å²) in [5, 5.41) is 13.7. The van der Waals surface area contributed by atoms with Crippen LogP contribution in [0.15, 0.2) is 36.9 Å². The molecule has 0 saturated carbocycles. The first-order valence-corrected chi connectivity index (χ1v) is 18.8. The Labute approximate surface area is 323 Å². The second kappa shape index (κ2) is 19.5. The Bertz CT molecular complexity index is 1830. The van der Waals surface area contributed by atoms with Gasteiger partial charge >= 0.3 is 18.1 Å². The van der Waals surface area contributed by atoms with Gasteiger partial charge in [-0.15, -0.1) is 0 Å². The molecule has 56 heavy (non-hydrogen) atoms. The Morgan fingerprint density at radius 3 is 2.32 bits per heavy atom. The molecule has 17 nitrogen and oxygen atoms in total. The molecule has 1 aromatic carbocycles. The van der Waals surface area contributed by atoms with Crippen LogP contribution in [-0.4, -0.2) is 119 Å². The quantitative estimate of drug-likeness (QED) is 0.107. The third-order valence-electron chi connectivity index (χ3n) is 8.49. The van der Waals surface area contributed by atoms with Crippen LogP contribution in [0.5, 0.6) is 5.75 Å². The summed E-state index contributed by atoms with van der Waals surface area (Å²) >= 11 is 0. The molecule has 1 saturated heterocycles. The van der Waals surface area contributed by atoms with E-state index in [1.807, 2.05) is 38.4 Å². The topological polar surface area (TPSA) is 195 Å². The monoisotopic (exact) mass is 809 g/mol. The van der Waals surface area contributed by atoms with Gasteiger partial charge in [-0.3, -0.25) is 19.0 Å². The third kappa shape index (κ3) is 11.0. The number of esters is 1. The summed E-state index contributed by atoms with van der Waals surface area (Å²) in [5.41, 5.74) is 1.09. The van der Waals surface area contributed by atoms with Crippen LogP contribution < -0.4 is 20.3 Å². The SMILES string of the molecule is COc1ccc(CC(NC(=O)C(F)(F)F)C(=O)N[C@H]2[C@@H](OC(C)=O)[C@H](n3cnc4c(N(C)C)ncnc43)O[C@@H]2COP(OCCC#N)N(C(C)C)C(C)C)cc1. The second-order valence-corrected chi connectivity index (χ2v) is 15.0. The van der Waals surface area contributed by atoms with Crippen LogP contribution in [0.2, 0.25) is 0 Å². The van der Waals surface area contributed by atoms with Gasteiger partial charge in [0.15, 0.2) is 29.3 Å². The number of amides is 2. The van der Waals surface area contributed by atoms with Gasteiger partial charge in [0.25, 0.3) is 8.53 Å². The highest BCUT2D eigenvalue weighted by atomic mass is 31.2. The number of rotatable bonds is 18. The molecule has 0 bridgehead atoms. The number of nitrogens with zero attached hydrogens (tertiary/aromatic N) is 7. The zero-order valence-electron chi connectivity index (χ0n) is 32.3. The molecule has 2 amide bonds. The number of benzene rings is 1. The van der Waals surface area contributed by atoms with E-state index in [0.29, 0.717) is 28.3 Å². The average molecular weight is 810 g/mol. The number of aromatic nitrogens is 4. The van der Waals surface area contributed by atoms with Gasteiger partial charge in [-0.2, -0.15) is 18.4 Å². The Kier molecular flexibility index (Phi) is 15.3. The van der Waals surface area contributed by atoms with Crippen LogP contribution in [0.3, 0.4) is 0 Å². The van der Waals surface area contributed by atoms with Crippen LogP contribution in [0.4, 0.5) is 19.0 Å². The van der Waals surface area contributed by atoms with Gasteiger partial charge in [-0.25, -0.2) is 19.6 Å². The van der Waals surface area contributed by atoms with Gasteiger partial charge in [-0.05, 0) is 45.4 Å². The molecule has 1 aliphatic rings. The van der Waals surface area contributed by atoms with Crippen molar-refractivity contribution in [2.24, 2.45) is 0 Å². The van der Waals surface area contributed by atoms with E-state index in [2.05, 4.69) is 20.3 Å². The minimum Gasteiger partial charge on any atom is -0.497 e. The second-order valence-electron chi connectivity index (χ2n) is 13.5. The maximum atomic E-state index is 14.1. The van der Waals surface area contributed by atoms with Crippen LogP contribution >= 0.6 is 8.53 Å². The molecule has 306 valence electrons. The van der Waals surface area contributed by atoms with Crippen LogP contribution in [0.1, 0.15) is 52.8 Å². The number of hydrogen-bond acceptors (Lipinski definition) is 14. The smallest absolute Gasteiger partial charge is 0.471 e. The summed E-state index contributed by atoms with van der Waals surface area (Å²) in [6.07, 6.45) is -6.49. The van der Waals surface area contributed by atoms with Crippen molar-refractivity contribution < 1.29 is 50.8 Å². The van der Waals surface area contributed by atoms with Crippen molar-refractivity contribution in [3.8, 4) is 11.8 Å². The Morgan fingerprint density at radius 2 is 1.75 bits per heavy atom. The van der Waals surface area contributed by atoms with Crippen LogP contribution in [-0.2, 0) is 39.3 Å². The fourth-order valence-corrected chi connectivity index (χ4v) is 7.73. The number of imidazole rings is 1. The van der Waals surface area contributed by atoms with Crippen molar-refractivity contribution in [3.05, 3.63) is 42.5 Å². The van der Waals surface area contributed by atoms with E-state index in [0.717, 1.165) is 6.92 Å². The Hall–Kier alpha value is -4.67. The van der Waals surface area contributed by atoms with E-state index >= 15 is 0 Å². The van der Waals surface area contributed by atoms with Gasteiger partial charge < -0.3 is 38.8 Å². The summed E-state index contributed by atoms with van der Waals surface area (Å²) in [5.74, 6) is -3.17. The zero-order chi connectivity index (χ0) is 41.3. The third-order valence-corrected chi connectivity index (χ3v) is 10.6. The van der Waals surface area contributed by atoms with Gasteiger partial charge in [-0.1, -0.05) is 12.1 Å². The Balaban J connectivity index is 1.77. The highest BCUT2D eigenvalue weighted by Gasteiger charge is 2.51. The van der Waals surface area contributed by atoms with E-state index in [-0.39, 0.29) is 38.1 Å². The molecule has 4 rings (SSSR count). The molecule has 1 aliphatic heterocycles. The van der Waals surface area contributed by atoms with Crippen molar-refractivity contribution in [1.82, 2.24) is 34.8 Å². The number of ether oxygens (including phenoxy) is 3. The number of anilines is 1. The predicted molar refractivity (Wildman–Crippen MR) is 197 cm³/mol. The van der Waals surface area contributed by atoms with E-state index in [1.54, 1.807) is 48.6 Å². The summed E-state index contributed by atoms with van der Waals surface area (Å²) in [7, 11) is 3.14. The molecule has 3 heterocycles. The number of hydrogen-bond donors (Lipinski definition) is 2. The van der Waals surface area contributed by atoms with E-state index in [4.69, 9.17) is 28.5 Å². The first-order valence-electron chi connectivity index (χ1n) is 17.7. The van der Waals surface area contributed by atoms with Gasteiger partial charge in [0.05, 0.1) is 45.2 Å². The maximum Gasteiger partial charge on any atom is 0.471 e. The number of halogens is 3. The molecule has 2 unspecified atom stereocenters. The molecule has 0 radical (unpaired) electrons. The number of alkyl halides is 3. The molecule has 6 atom stereocenters. The first kappa shape index (κ1) is 44.0. The van der Waals surface area contributed by atoms with Crippen molar-refractivity contribution in [2.45, 2.75) is 96.2 Å². The number of nitriles is 1. The molecular weight excluding hydrogens is 762 g/mol. The lowest BCUT2D eigenvalue weighted by molar-refractivity contribution is -0.174. The lowest BCUT2D eigenvalue weighted by Crippen LogP contribution is -2.57. The number of fused-ring (bicyclic) bond motifs is 1. The number of carbonyl (C=O) groups is 3. The first-order chi connectivity index (χ1) is 26.5. The maximum absolute atomic E-state index is 14.1. The molecule has 0 spiro atoms. The lowest BCUT2D eigenvalue weighted by Gasteiger charge is -2.36. The number of carbonyl (C=O) groups excluding carboxylic acids is 3. The molecule has 2 N–H and O–H groups in total. The van der Waals surface area contributed by atoms with E-state index in [9.17, 15) is 27.6 Å². The van der Waals surface area contributed by atoms with E-state index in [1.165, 1.54) is 24.3 Å². The average Bonchev–Trinajstić information content (AvgIpc) is 3.70. The molecule has 21 heteroatoms. The highest BCUT2D eigenvalue weighted by Crippen LogP contribution is 2.47. The standard InChI is InChI=1S/C35H47F3N9O8P/c1-20(2)47(21(3)4)56(52-15-9-14-39)53-17-26-27(44-32(49)25(43-34(50)35(36,37)38)16-23-10-12-24(51-8)13-11-23)29(54-22(5)48)33(55-26)46-19-42-28-30(45(6)7)40-18-41-31(28)46/h10-13,18-21,25-27,29,33H,9,15-17H2,1-8H3,(H,43,50)(H,44,49)/t25?,26-,27-,29-,33-,56?/m1/s1. The summed E-state index contributed by atoms with van der Waals surface area (Å²) < 4.78 is 74.0. The van der Waals surface area contributed by atoms with Crippen molar-refractivity contribution in [1.29, 1.82) is 5.26 Å². The molecule has 3 aromatic rings. The fourth-order valence-electron chi connectivity index (χ4n) is 6.11. The minimum absolute atomic E-state index is 0.0589. The van der Waals surface area contributed by atoms with Crippen LogP contribution in [0.25, 0.3) is 11.2 Å². The fraction of sp³-hybridized carbons (Fsp3) is 0.571. The van der Waals surface area contributed by atoms with Gasteiger partial charge in [0, 0.05) is 39.5 Å². The normalized spacial score (nSPS) is 19.5. The predicted octanol–water partition coefficient (Wildman–Crippen LogP) is 3.80. The van der Waals surface area contributed by atoms with Crippen molar-refractivity contribution >= 4 is 43.3 Å². The molecule has 1 fully saturated rings. The molecular formula is C35H47F3N9O8P. The largest absolute Gasteiger partial charge is 0.497 e. The van der Waals surface area contributed by atoms with Crippen LogP contribution in [0, 0.1) is 11.3 Å². The summed E-state index contributed by atoms with van der Waals surface area (Å²) in [6.45, 7) is 8.71. The van der Waals surface area contributed by atoms with E-state index < -0.39 is 63.0 Å². The number of methoxy groups -OCH3 is 1. The van der Waals surface area contributed by atoms with Crippen molar-refractivity contribution in [3.63, 3.8) is 0 Å². The summed E-state index contributed by atoms with van der Waals surface area (Å²) in [6, 6.07) is 5.10. The van der Waals surface area contributed by atoms with Gasteiger partial charge in [0.1, 0.15) is 24.2 Å². The summed E-state index contributed by atoms with van der Waals surface area (Å²) in [4.78, 5) is 53.9. The number of nitrogens with one attached hydrogen (secondary N) is 2. The minimum atomic E-state index is -5.30. The highest BCUT2D eigenvalue weighted by molar-refractivity contribution is 7.44. The zero-order valence-corrected chi connectivity index (χ0v) is 33.2. The lowest BCUT2D eigenvalue weighted by atomic mass is 10.0. The van der Waals surface area contributed by atoms with Gasteiger partial charge in [0.2, 0.25) is 5.91 Å². The molecule has 0 aliphatic carbocycles. The van der Waals surface area contributed by atoms with Crippen molar-refractivity contribution in [2.75, 3.05) is 39.3 Å². The molecule has 2 aromatic heterocycles.